The average molecular weight is 172 g/mol. The van der Waals surface area contributed by atoms with Crippen LogP contribution in [0.3, 0.4) is 0 Å². The molecule has 0 atom stereocenters. The second-order valence-corrected chi connectivity index (χ2v) is 2.94. The Labute approximate surface area is 72.6 Å². The Morgan fingerprint density at radius 1 is 1.50 bits per heavy atom. The lowest BCUT2D eigenvalue weighted by Crippen LogP contribution is -2.36. The molecule has 0 spiro atoms. The number of hydrogen-bond acceptors (Lipinski definition) is 4. The van der Waals surface area contributed by atoms with Crippen molar-refractivity contribution < 1.29 is 9.53 Å². The Morgan fingerprint density at radius 2 is 2.00 bits per heavy atom. The van der Waals surface area contributed by atoms with Gasteiger partial charge in [0.2, 0.25) is 0 Å². The van der Waals surface area contributed by atoms with Crippen LogP contribution in [0.15, 0.2) is 12.2 Å². The SMILES string of the molecule is C=C(C(=O)OCC(N)N)C(C)C. The molecule has 0 amide bonds. The highest BCUT2D eigenvalue weighted by Gasteiger charge is 2.12. The molecule has 0 aliphatic carbocycles. The highest BCUT2D eigenvalue weighted by atomic mass is 16.5. The van der Waals surface area contributed by atoms with Crippen molar-refractivity contribution in [2.45, 2.75) is 20.0 Å². The molecule has 0 bridgehead atoms. The van der Waals surface area contributed by atoms with E-state index in [-0.39, 0.29) is 12.5 Å². The van der Waals surface area contributed by atoms with Crippen LogP contribution in [0.2, 0.25) is 0 Å². The maximum Gasteiger partial charge on any atom is 0.333 e. The van der Waals surface area contributed by atoms with Gasteiger partial charge in [-0.05, 0) is 5.92 Å². The van der Waals surface area contributed by atoms with Crippen molar-refractivity contribution in [3.05, 3.63) is 12.2 Å². The number of carbonyl (C=O) groups is 1. The topological polar surface area (TPSA) is 78.3 Å². The van der Waals surface area contributed by atoms with Crippen LogP contribution in [0, 0.1) is 5.92 Å². The quantitative estimate of drug-likeness (QED) is 0.355. The molecule has 0 heterocycles. The van der Waals surface area contributed by atoms with Gasteiger partial charge in [-0.15, -0.1) is 0 Å². The Hall–Kier alpha value is -0.870. The summed E-state index contributed by atoms with van der Waals surface area (Å²) in [4.78, 5) is 11.1. The molecule has 0 aromatic rings. The van der Waals surface area contributed by atoms with Gasteiger partial charge in [0.05, 0.1) is 6.17 Å². The van der Waals surface area contributed by atoms with Crippen molar-refractivity contribution in [1.82, 2.24) is 0 Å². The van der Waals surface area contributed by atoms with Gasteiger partial charge >= 0.3 is 5.97 Å². The van der Waals surface area contributed by atoms with E-state index in [0.717, 1.165) is 0 Å². The van der Waals surface area contributed by atoms with Gasteiger partial charge in [0.15, 0.2) is 0 Å². The molecule has 0 aliphatic rings. The second kappa shape index (κ2) is 4.90. The first kappa shape index (κ1) is 11.1. The summed E-state index contributed by atoms with van der Waals surface area (Å²) in [6.07, 6.45) is -0.617. The summed E-state index contributed by atoms with van der Waals surface area (Å²) in [6.45, 7) is 7.34. The third-order valence-corrected chi connectivity index (χ3v) is 1.37. The lowest BCUT2D eigenvalue weighted by atomic mass is 10.1. The first-order chi connectivity index (χ1) is 5.45. The molecule has 70 valence electrons. The van der Waals surface area contributed by atoms with E-state index in [1.807, 2.05) is 13.8 Å². The Balaban J connectivity index is 3.81. The van der Waals surface area contributed by atoms with Crippen molar-refractivity contribution in [3.8, 4) is 0 Å². The minimum Gasteiger partial charge on any atom is -0.459 e. The van der Waals surface area contributed by atoms with E-state index in [9.17, 15) is 4.79 Å². The second-order valence-electron chi connectivity index (χ2n) is 2.94. The van der Waals surface area contributed by atoms with Gasteiger partial charge < -0.3 is 16.2 Å². The van der Waals surface area contributed by atoms with Crippen LogP contribution in [-0.4, -0.2) is 18.7 Å². The molecule has 0 aliphatic heterocycles. The largest absolute Gasteiger partial charge is 0.459 e. The highest BCUT2D eigenvalue weighted by molar-refractivity contribution is 5.88. The Bertz CT molecular complexity index is 176. The molecule has 0 radical (unpaired) electrons. The molecular weight excluding hydrogens is 156 g/mol. The summed E-state index contributed by atoms with van der Waals surface area (Å²) in [7, 11) is 0. The maximum absolute atomic E-state index is 11.1. The van der Waals surface area contributed by atoms with Crippen LogP contribution in [0.5, 0.6) is 0 Å². The lowest BCUT2D eigenvalue weighted by Gasteiger charge is -2.10. The van der Waals surface area contributed by atoms with Gasteiger partial charge in [-0.1, -0.05) is 20.4 Å². The third kappa shape index (κ3) is 4.10. The fourth-order valence-electron chi connectivity index (χ4n) is 0.500. The fourth-order valence-corrected chi connectivity index (χ4v) is 0.500. The van der Waals surface area contributed by atoms with Crippen LogP contribution in [0.4, 0.5) is 0 Å². The summed E-state index contributed by atoms with van der Waals surface area (Å²) >= 11 is 0. The zero-order chi connectivity index (χ0) is 9.72. The summed E-state index contributed by atoms with van der Waals surface area (Å²) < 4.78 is 4.74. The van der Waals surface area contributed by atoms with Gasteiger partial charge in [-0.25, -0.2) is 4.79 Å². The highest BCUT2D eigenvalue weighted by Crippen LogP contribution is 2.07. The molecule has 4 heteroatoms. The molecule has 0 aromatic heterocycles. The van der Waals surface area contributed by atoms with Crippen LogP contribution >= 0.6 is 0 Å². The van der Waals surface area contributed by atoms with Crippen molar-refractivity contribution in [2.75, 3.05) is 6.61 Å². The van der Waals surface area contributed by atoms with Crippen LogP contribution in [0.1, 0.15) is 13.8 Å². The molecule has 4 N–H and O–H groups in total. The van der Waals surface area contributed by atoms with E-state index in [1.165, 1.54) is 0 Å². The number of rotatable bonds is 4. The van der Waals surface area contributed by atoms with Gasteiger partial charge in [0.1, 0.15) is 6.61 Å². The van der Waals surface area contributed by atoms with Crippen LogP contribution in [0.25, 0.3) is 0 Å². The monoisotopic (exact) mass is 172 g/mol. The lowest BCUT2D eigenvalue weighted by molar-refractivity contribution is -0.140. The normalized spacial score (nSPS) is 10.5. The Kier molecular flexibility index (Phi) is 4.54. The summed E-state index contributed by atoms with van der Waals surface area (Å²) in [6, 6.07) is 0. The maximum atomic E-state index is 11.1. The number of nitrogens with two attached hydrogens (primary N) is 2. The molecular formula is C8H16N2O2. The van der Waals surface area contributed by atoms with Crippen LogP contribution < -0.4 is 11.5 Å². The van der Waals surface area contributed by atoms with Crippen LogP contribution in [-0.2, 0) is 9.53 Å². The summed E-state index contributed by atoms with van der Waals surface area (Å²) in [5, 5.41) is 0. The Morgan fingerprint density at radius 3 is 2.33 bits per heavy atom. The summed E-state index contributed by atoms with van der Waals surface area (Å²) in [5.74, 6) is -0.336. The standard InChI is InChI=1S/C8H16N2O2/c1-5(2)6(3)8(11)12-4-7(9)10/h5,7H,3-4,9-10H2,1-2H3. The molecule has 4 nitrogen and oxygen atoms in total. The van der Waals surface area contributed by atoms with Crippen molar-refractivity contribution >= 4 is 5.97 Å². The van der Waals surface area contributed by atoms with Crippen molar-refractivity contribution in [2.24, 2.45) is 17.4 Å². The van der Waals surface area contributed by atoms with Crippen molar-refractivity contribution in [1.29, 1.82) is 0 Å². The first-order valence-electron chi connectivity index (χ1n) is 3.82. The van der Waals surface area contributed by atoms with Gasteiger partial charge in [-0.2, -0.15) is 0 Å². The minimum atomic E-state index is -0.617. The molecule has 0 saturated carbocycles. The van der Waals surface area contributed by atoms with E-state index in [1.54, 1.807) is 0 Å². The number of carbonyl (C=O) groups excluding carboxylic acids is 1. The van der Waals surface area contributed by atoms with E-state index >= 15 is 0 Å². The molecule has 0 rings (SSSR count). The number of esters is 1. The van der Waals surface area contributed by atoms with Crippen molar-refractivity contribution in [3.63, 3.8) is 0 Å². The van der Waals surface area contributed by atoms with Gasteiger partial charge in [-0.3, -0.25) is 0 Å². The zero-order valence-corrected chi connectivity index (χ0v) is 7.54. The van der Waals surface area contributed by atoms with E-state index in [4.69, 9.17) is 16.2 Å². The molecule has 12 heavy (non-hydrogen) atoms. The molecule has 0 saturated heterocycles. The van der Waals surface area contributed by atoms with Gasteiger partial charge in [0.25, 0.3) is 0 Å². The number of hydrogen-bond donors (Lipinski definition) is 2. The van der Waals surface area contributed by atoms with E-state index < -0.39 is 12.1 Å². The third-order valence-electron chi connectivity index (χ3n) is 1.37. The van der Waals surface area contributed by atoms with E-state index in [2.05, 4.69) is 6.58 Å². The molecule has 0 unspecified atom stereocenters. The minimum absolute atomic E-state index is 0.0323. The average Bonchev–Trinajstić information content (AvgIpc) is 1.98. The molecule has 0 fully saturated rings. The predicted molar refractivity (Wildman–Crippen MR) is 47.1 cm³/mol. The fraction of sp³-hybridized carbons (Fsp3) is 0.625. The first-order valence-corrected chi connectivity index (χ1v) is 3.82. The predicted octanol–water partition coefficient (Wildman–Crippen LogP) is -0.0147. The summed E-state index contributed by atoms with van der Waals surface area (Å²) in [5.41, 5.74) is 10.8. The molecule has 0 aromatic carbocycles. The zero-order valence-electron chi connectivity index (χ0n) is 7.54. The number of ether oxygens (including phenoxy) is 1. The van der Waals surface area contributed by atoms with Gasteiger partial charge in [0, 0.05) is 5.57 Å². The van der Waals surface area contributed by atoms with E-state index in [0.29, 0.717) is 5.57 Å². The smallest absolute Gasteiger partial charge is 0.333 e.